The second-order valence-electron chi connectivity index (χ2n) is 7.47. The molecule has 2 aromatic carbocycles. The minimum absolute atomic E-state index is 0.000215. The highest BCUT2D eigenvalue weighted by molar-refractivity contribution is 6.32. The molecular weight excluding hydrogens is 377 g/mol. The average Bonchev–Trinajstić information content (AvgIpc) is 3.03. The topological polar surface area (TPSA) is 23.5 Å². The van der Waals surface area contributed by atoms with Crippen molar-refractivity contribution < 1.29 is 5.11 Å². The average molecular weight is 406 g/mol. The molecule has 146 valence electrons. The first kappa shape index (κ1) is 20.7. The highest BCUT2D eigenvalue weighted by atomic mass is 35.5. The standard InChI is InChI=1S/C23H29Cl2NO/c1-3-5-9-26(10-6-4-2)14-21-20-12-16-11-18(24)7-8-19(16)23(20)17(15-27)13-22(21)25/h7-8,11,13,27H,3-6,9-10,12,14-15H2,1-2H3. The van der Waals surface area contributed by atoms with Crippen molar-refractivity contribution in [3.05, 3.63) is 56.6 Å². The molecule has 0 spiro atoms. The Labute approximate surface area is 173 Å². The van der Waals surface area contributed by atoms with Crippen LogP contribution in [0.3, 0.4) is 0 Å². The molecule has 1 N–H and O–H groups in total. The predicted octanol–water partition coefficient (Wildman–Crippen LogP) is 6.46. The van der Waals surface area contributed by atoms with Crippen molar-refractivity contribution in [1.82, 2.24) is 4.90 Å². The summed E-state index contributed by atoms with van der Waals surface area (Å²) < 4.78 is 0. The second kappa shape index (κ2) is 9.43. The van der Waals surface area contributed by atoms with Gasteiger partial charge in [0.05, 0.1) is 6.61 Å². The molecule has 0 amide bonds. The molecular formula is C23H29Cl2NO. The van der Waals surface area contributed by atoms with E-state index in [2.05, 4.69) is 24.8 Å². The molecule has 1 aliphatic carbocycles. The van der Waals surface area contributed by atoms with E-state index < -0.39 is 0 Å². The number of nitrogens with zero attached hydrogens (tertiary/aromatic N) is 1. The molecule has 0 fully saturated rings. The summed E-state index contributed by atoms with van der Waals surface area (Å²) in [6.07, 6.45) is 5.63. The van der Waals surface area contributed by atoms with Gasteiger partial charge in [0.25, 0.3) is 0 Å². The van der Waals surface area contributed by atoms with E-state index in [4.69, 9.17) is 23.2 Å². The van der Waals surface area contributed by atoms with Gasteiger partial charge < -0.3 is 5.11 Å². The maximum atomic E-state index is 9.92. The van der Waals surface area contributed by atoms with E-state index in [9.17, 15) is 5.11 Å². The van der Waals surface area contributed by atoms with Crippen molar-refractivity contribution >= 4 is 23.2 Å². The fraction of sp³-hybridized carbons (Fsp3) is 0.478. The summed E-state index contributed by atoms with van der Waals surface area (Å²) >= 11 is 12.9. The van der Waals surface area contributed by atoms with Crippen LogP contribution in [0.5, 0.6) is 0 Å². The molecule has 0 aromatic heterocycles. The van der Waals surface area contributed by atoms with Crippen LogP contribution < -0.4 is 0 Å². The van der Waals surface area contributed by atoms with Crippen LogP contribution in [-0.4, -0.2) is 23.1 Å². The van der Waals surface area contributed by atoms with Crippen LogP contribution in [-0.2, 0) is 19.6 Å². The van der Waals surface area contributed by atoms with E-state index in [0.29, 0.717) is 0 Å². The number of rotatable bonds is 9. The number of hydrogen-bond donors (Lipinski definition) is 1. The van der Waals surface area contributed by atoms with Crippen LogP contribution in [0.4, 0.5) is 0 Å². The van der Waals surface area contributed by atoms with E-state index in [1.54, 1.807) is 0 Å². The number of aliphatic hydroxyl groups is 1. The zero-order valence-corrected chi connectivity index (χ0v) is 17.8. The number of benzene rings is 2. The number of unbranched alkanes of at least 4 members (excludes halogenated alkanes) is 2. The Morgan fingerprint density at radius 1 is 1.04 bits per heavy atom. The van der Waals surface area contributed by atoms with Gasteiger partial charge in [0.1, 0.15) is 0 Å². The zero-order valence-electron chi connectivity index (χ0n) is 16.3. The van der Waals surface area contributed by atoms with Crippen molar-refractivity contribution in [3.63, 3.8) is 0 Å². The maximum absolute atomic E-state index is 9.92. The lowest BCUT2D eigenvalue weighted by atomic mass is 9.95. The van der Waals surface area contributed by atoms with Crippen molar-refractivity contribution in [2.24, 2.45) is 0 Å². The van der Waals surface area contributed by atoms with Gasteiger partial charge in [-0.05, 0) is 83.9 Å². The van der Waals surface area contributed by atoms with Crippen molar-refractivity contribution in [3.8, 4) is 11.1 Å². The molecule has 1 aliphatic rings. The van der Waals surface area contributed by atoms with E-state index in [1.807, 2.05) is 18.2 Å². The SMILES string of the molecule is CCCCN(CCCC)Cc1c(Cl)cc(CO)c2c1Cc1cc(Cl)ccc1-2. The highest BCUT2D eigenvalue weighted by Gasteiger charge is 2.26. The third-order valence-electron chi connectivity index (χ3n) is 5.49. The lowest BCUT2D eigenvalue weighted by molar-refractivity contribution is 0.256. The minimum atomic E-state index is -0.000215. The Bertz CT molecular complexity index is 795. The van der Waals surface area contributed by atoms with Crippen LogP contribution in [0, 0.1) is 0 Å². The van der Waals surface area contributed by atoms with Gasteiger partial charge in [-0.25, -0.2) is 0 Å². The molecule has 2 aromatic rings. The third-order valence-corrected chi connectivity index (χ3v) is 6.06. The summed E-state index contributed by atoms with van der Waals surface area (Å²) in [5.74, 6) is 0. The van der Waals surface area contributed by atoms with Crippen LogP contribution in [0.2, 0.25) is 10.0 Å². The first-order valence-electron chi connectivity index (χ1n) is 10.0. The van der Waals surface area contributed by atoms with E-state index >= 15 is 0 Å². The molecule has 27 heavy (non-hydrogen) atoms. The quantitative estimate of drug-likeness (QED) is 0.441. The Morgan fingerprint density at radius 2 is 1.74 bits per heavy atom. The predicted molar refractivity (Wildman–Crippen MR) is 116 cm³/mol. The first-order chi connectivity index (χ1) is 13.1. The van der Waals surface area contributed by atoms with Gasteiger partial charge in [-0.2, -0.15) is 0 Å². The summed E-state index contributed by atoms with van der Waals surface area (Å²) in [6.45, 7) is 7.54. The number of halogens is 2. The first-order valence-corrected chi connectivity index (χ1v) is 10.8. The molecule has 0 atom stereocenters. The van der Waals surface area contributed by atoms with E-state index in [-0.39, 0.29) is 6.61 Å². The molecule has 3 rings (SSSR count). The fourth-order valence-corrected chi connectivity index (χ4v) is 4.53. The van der Waals surface area contributed by atoms with Crippen LogP contribution in [0.1, 0.15) is 61.8 Å². The summed E-state index contributed by atoms with van der Waals surface area (Å²) in [6, 6.07) is 8.00. The fourth-order valence-electron chi connectivity index (χ4n) is 4.03. The Hall–Kier alpha value is -1.06. The molecule has 0 radical (unpaired) electrons. The molecule has 0 saturated heterocycles. The third kappa shape index (κ3) is 4.51. The van der Waals surface area contributed by atoms with Gasteiger partial charge in [0.15, 0.2) is 0 Å². The van der Waals surface area contributed by atoms with Gasteiger partial charge in [0.2, 0.25) is 0 Å². The lowest BCUT2D eigenvalue weighted by Gasteiger charge is -2.25. The number of hydrogen-bond acceptors (Lipinski definition) is 2. The van der Waals surface area contributed by atoms with Gasteiger partial charge in [0, 0.05) is 16.6 Å². The van der Waals surface area contributed by atoms with Gasteiger partial charge in [-0.3, -0.25) is 4.90 Å². The molecule has 2 nitrogen and oxygen atoms in total. The summed E-state index contributed by atoms with van der Waals surface area (Å²) in [5, 5.41) is 11.4. The Balaban J connectivity index is 2.00. The lowest BCUT2D eigenvalue weighted by Crippen LogP contribution is -2.26. The van der Waals surface area contributed by atoms with Gasteiger partial charge in [-0.15, -0.1) is 0 Å². The van der Waals surface area contributed by atoms with Crippen molar-refractivity contribution in [2.75, 3.05) is 13.1 Å². The Kier molecular flexibility index (Phi) is 7.22. The summed E-state index contributed by atoms with van der Waals surface area (Å²) in [7, 11) is 0. The van der Waals surface area contributed by atoms with Crippen LogP contribution in [0.25, 0.3) is 11.1 Å². The number of aliphatic hydroxyl groups excluding tert-OH is 1. The zero-order chi connectivity index (χ0) is 19.4. The smallest absolute Gasteiger partial charge is 0.0688 e. The number of fused-ring (bicyclic) bond motifs is 3. The van der Waals surface area contributed by atoms with Crippen molar-refractivity contribution in [2.45, 2.75) is 59.1 Å². The van der Waals surface area contributed by atoms with Crippen LogP contribution >= 0.6 is 23.2 Å². The Morgan fingerprint density at radius 3 is 2.37 bits per heavy atom. The van der Waals surface area contributed by atoms with Gasteiger partial charge in [-0.1, -0.05) is 56.0 Å². The van der Waals surface area contributed by atoms with E-state index in [1.165, 1.54) is 47.9 Å². The van der Waals surface area contributed by atoms with Crippen molar-refractivity contribution in [1.29, 1.82) is 0 Å². The van der Waals surface area contributed by atoms with Gasteiger partial charge >= 0.3 is 0 Å². The maximum Gasteiger partial charge on any atom is 0.0688 e. The highest BCUT2D eigenvalue weighted by Crippen LogP contribution is 2.44. The minimum Gasteiger partial charge on any atom is -0.392 e. The molecule has 0 unspecified atom stereocenters. The van der Waals surface area contributed by atoms with E-state index in [0.717, 1.165) is 47.2 Å². The van der Waals surface area contributed by atoms with Crippen LogP contribution in [0.15, 0.2) is 24.3 Å². The molecule has 0 saturated carbocycles. The monoisotopic (exact) mass is 405 g/mol. The largest absolute Gasteiger partial charge is 0.392 e. The summed E-state index contributed by atoms with van der Waals surface area (Å²) in [5.41, 5.74) is 6.96. The normalized spacial score (nSPS) is 12.5. The molecule has 4 heteroatoms. The molecule has 0 heterocycles. The second-order valence-corrected chi connectivity index (χ2v) is 8.31. The molecule has 0 bridgehead atoms. The molecule has 0 aliphatic heterocycles. The summed E-state index contributed by atoms with van der Waals surface area (Å²) in [4.78, 5) is 2.53.